The highest BCUT2D eigenvalue weighted by atomic mass is 16.1. The van der Waals surface area contributed by atoms with Crippen molar-refractivity contribution in [1.82, 2.24) is 20.9 Å². The highest BCUT2D eigenvalue weighted by molar-refractivity contribution is 5.81. The maximum Gasteiger partial charge on any atom is 0.221 e. The van der Waals surface area contributed by atoms with Crippen LogP contribution in [0.25, 0.3) is 0 Å². The maximum absolute atomic E-state index is 11.8. The van der Waals surface area contributed by atoms with Crippen molar-refractivity contribution in [2.45, 2.75) is 71.5 Å². The number of rotatable bonds is 7. The lowest BCUT2D eigenvalue weighted by Gasteiger charge is -2.35. The summed E-state index contributed by atoms with van der Waals surface area (Å²) in [7, 11) is 1.78. The number of nitrogens with zero attached hydrogens (tertiary/aromatic N) is 2. The van der Waals surface area contributed by atoms with Crippen molar-refractivity contribution in [2.24, 2.45) is 4.99 Å². The summed E-state index contributed by atoms with van der Waals surface area (Å²) < 4.78 is 0. The molecule has 0 aromatic rings. The van der Waals surface area contributed by atoms with E-state index in [1.807, 2.05) is 6.92 Å². The van der Waals surface area contributed by atoms with E-state index in [1.54, 1.807) is 7.05 Å². The molecule has 0 aromatic carbocycles. The predicted octanol–water partition coefficient (Wildman–Crippen LogP) is 1.33. The number of carbonyl (C=O) groups excluding carboxylic acids is 1. The van der Waals surface area contributed by atoms with Crippen LogP contribution in [-0.2, 0) is 4.79 Å². The van der Waals surface area contributed by atoms with E-state index < -0.39 is 0 Å². The molecule has 1 rings (SSSR count). The van der Waals surface area contributed by atoms with Gasteiger partial charge in [0.25, 0.3) is 0 Å². The number of aliphatic imine (C=N–C) groups is 1. The molecule has 1 atom stereocenters. The standard InChI is InChI=1S/C17H35N5O/c1-6-14(4)20-16(23)7-10-19-17(18-5)21-15-8-11-22(12-9-15)13(2)3/h13-15H,6-12H2,1-5H3,(H,20,23)(H2,18,19,21). The second-order valence-corrected chi connectivity index (χ2v) is 6.67. The molecule has 0 spiro atoms. The Morgan fingerprint density at radius 3 is 2.43 bits per heavy atom. The zero-order valence-electron chi connectivity index (χ0n) is 15.5. The van der Waals surface area contributed by atoms with Gasteiger partial charge < -0.3 is 20.9 Å². The molecule has 0 aliphatic carbocycles. The van der Waals surface area contributed by atoms with Crippen LogP contribution in [0.15, 0.2) is 4.99 Å². The van der Waals surface area contributed by atoms with E-state index in [2.05, 4.69) is 46.6 Å². The molecule has 1 amide bonds. The summed E-state index contributed by atoms with van der Waals surface area (Å²) >= 11 is 0. The third-order valence-electron chi connectivity index (χ3n) is 4.49. The van der Waals surface area contributed by atoms with Gasteiger partial charge in [0, 0.05) is 51.2 Å². The van der Waals surface area contributed by atoms with Gasteiger partial charge in [-0.15, -0.1) is 0 Å². The molecule has 1 fully saturated rings. The molecule has 1 aliphatic heterocycles. The first-order chi connectivity index (χ1) is 11.0. The number of guanidine groups is 1. The number of likely N-dealkylation sites (tertiary alicyclic amines) is 1. The molecule has 6 heteroatoms. The van der Waals surface area contributed by atoms with Crippen molar-refractivity contribution in [3.63, 3.8) is 0 Å². The Hall–Kier alpha value is -1.30. The maximum atomic E-state index is 11.8. The summed E-state index contributed by atoms with van der Waals surface area (Å²) in [5.74, 6) is 0.886. The Morgan fingerprint density at radius 1 is 1.26 bits per heavy atom. The predicted molar refractivity (Wildman–Crippen MR) is 96.7 cm³/mol. The second kappa shape index (κ2) is 10.5. The zero-order chi connectivity index (χ0) is 17.2. The number of hydrogen-bond donors (Lipinski definition) is 3. The van der Waals surface area contributed by atoms with Gasteiger partial charge in [-0.2, -0.15) is 0 Å². The Labute approximate surface area is 141 Å². The largest absolute Gasteiger partial charge is 0.356 e. The van der Waals surface area contributed by atoms with E-state index >= 15 is 0 Å². The first-order valence-corrected chi connectivity index (χ1v) is 8.96. The normalized spacial score (nSPS) is 18.8. The average molecular weight is 326 g/mol. The quantitative estimate of drug-likeness (QED) is 0.488. The summed E-state index contributed by atoms with van der Waals surface area (Å²) in [6.45, 7) is 11.5. The van der Waals surface area contributed by atoms with Crippen molar-refractivity contribution >= 4 is 11.9 Å². The Balaban J connectivity index is 2.24. The highest BCUT2D eigenvalue weighted by Gasteiger charge is 2.21. The first-order valence-electron chi connectivity index (χ1n) is 8.96. The van der Waals surface area contributed by atoms with Crippen molar-refractivity contribution in [1.29, 1.82) is 0 Å². The van der Waals surface area contributed by atoms with Gasteiger partial charge >= 0.3 is 0 Å². The highest BCUT2D eigenvalue weighted by Crippen LogP contribution is 2.12. The van der Waals surface area contributed by atoms with Gasteiger partial charge in [0.1, 0.15) is 0 Å². The smallest absolute Gasteiger partial charge is 0.221 e. The molecule has 1 heterocycles. The fourth-order valence-electron chi connectivity index (χ4n) is 2.69. The lowest BCUT2D eigenvalue weighted by Crippen LogP contribution is -2.50. The number of carbonyl (C=O) groups is 1. The minimum Gasteiger partial charge on any atom is -0.356 e. The van der Waals surface area contributed by atoms with Gasteiger partial charge in [-0.1, -0.05) is 6.92 Å². The molecule has 3 N–H and O–H groups in total. The SMILES string of the molecule is CCC(C)NC(=O)CCNC(=NC)NC1CCN(C(C)C)CC1. The van der Waals surface area contributed by atoms with Crippen molar-refractivity contribution < 1.29 is 4.79 Å². The summed E-state index contributed by atoms with van der Waals surface area (Å²) in [6, 6.07) is 1.33. The molecule has 0 bridgehead atoms. The molecular weight excluding hydrogens is 290 g/mol. The van der Waals surface area contributed by atoms with E-state index in [0.29, 0.717) is 25.0 Å². The van der Waals surface area contributed by atoms with Gasteiger partial charge in [0.15, 0.2) is 5.96 Å². The molecule has 0 radical (unpaired) electrons. The number of amides is 1. The minimum absolute atomic E-state index is 0.0903. The van der Waals surface area contributed by atoms with Gasteiger partial charge in [0.2, 0.25) is 5.91 Å². The fraction of sp³-hybridized carbons (Fsp3) is 0.882. The monoisotopic (exact) mass is 325 g/mol. The van der Waals surface area contributed by atoms with Gasteiger partial charge in [-0.3, -0.25) is 9.79 Å². The lowest BCUT2D eigenvalue weighted by molar-refractivity contribution is -0.121. The molecule has 6 nitrogen and oxygen atoms in total. The van der Waals surface area contributed by atoms with Crippen LogP contribution in [0.2, 0.25) is 0 Å². The minimum atomic E-state index is 0.0903. The first kappa shape index (κ1) is 19.7. The third-order valence-corrected chi connectivity index (χ3v) is 4.49. The second-order valence-electron chi connectivity index (χ2n) is 6.67. The summed E-state index contributed by atoms with van der Waals surface area (Å²) in [6.07, 6.45) is 3.69. The van der Waals surface area contributed by atoms with Gasteiger partial charge in [-0.25, -0.2) is 0 Å². The fourth-order valence-corrected chi connectivity index (χ4v) is 2.69. The zero-order valence-corrected chi connectivity index (χ0v) is 15.5. The molecule has 0 aromatic heterocycles. The molecule has 23 heavy (non-hydrogen) atoms. The van der Waals surface area contributed by atoms with Crippen molar-refractivity contribution in [3.05, 3.63) is 0 Å². The Bertz CT molecular complexity index is 375. The molecule has 1 aliphatic rings. The van der Waals surface area contributed by atoms with E-state index in [4.69, 9.17) is 0 Å². The Kier molecular flexibility index (Phi) is 8.99. The summed E-state index contributed by atoms with van der Waals surface area (Å²) in [5, 5.41) is 9.68. The average Bonchev–Trinajstić information content (AvgIpc) is 2.54. The van der Waals surface area contributed by atoms with Crippen LogP contribution in [0, 0.1) is 0 Å². The van der Waals surface area contributed by atoms with Crippen LogP contribution in [-0.4, -0.2) is 61.6 Å². The van der Waals surface area contributed by atoms with Crippen LogP contribution in [0.1, 0.15) is 53.4 Å². The Morgan fingerprint density at radius 2 is 1.91 bits per heavy atom. The van der Waals surface area contributed by atoms with E-state index in [-0.39, 0.29) is 11.9 Å². The number of hydrogen-bond acceptors (Lipinski definition) is 3. The molecular formula is C17H35N5O. The number of nitrogens with one attached hydrogen (secondary N) is 3. The summed E-state index contributed by atoms with van der Waals surface area (Å²) in [4.78, 5) is 18.5. The van der Waals surface area contributed by atoms with Crippen LogP contribution in [0.5, 0.6) is 0 Å². The van der Waals surface area contributed by atoms with Crippen LogP contribution in [0.3, 0.4) is 0 Å². The van der Waals surface area contributed by atoms with Crippen molar-refractivity contribution in [2.75, 3.05) is 26.7 Å². The topological polar surface area (TPSA) is 68.8 Å². The van der Waals surface area contributed by atoms with E-state index in [9.17, 15) is 4.79 Å². The molecule has 1 saturated heterocycles. The van der Waals surface area contributed by atoms with Crippen LogP contribution >= 0.6 is 0 Å². The van der Waals surface area contributed by atoms with E-state index in [0.717, 1.165) is 38.3 Å². The lowest BCUT2D eigenvalue weighted by atomic mass is 10.0. The van der Waals surface area contributed by atoms with Crippen LogP contribution < -0.4 is 16.0 Å². The third kappa shape index (κ3) is 7.68. The molecule has 134 valence electrons. The summed E-state index contributed by atoms with van der Waals surface area (Å²) in [5.41, 5.74) is 0. The van der Waals surface area contributed by atoms with Gasteiger partial charge in [0.05, 0.1) is 0 Å². The van der Waals surface area contributed by atoms with Gasteiger partial charge in [-0.05, 0) is 40.0 Å². The van der Waals surface area contributed by atoms with Crippen molar-refractivity contribution in [3.8, 4) is 0 Å². The van der Waals surface area contributed by atoms with E-state index in [1.165, 1.54) is 0 Å². The molecule has 1 unspecified atom stereocenters. The van der Waals surface area contributed by atoms with Crippen LogP contribution in [0.4, 0.5) is 0 Å². The number of piperidine rings is 1. The molecule has 0 saturated carbocycles.